The fraction of sp³-hybridized carbons (Fsp3) is 0.444. The van der Waals surface area contributed by atoms with E-state index in [1.807, 2.05) is 6.08 Å². The van der Waals surface area contributed by atoms with E-state index in [9.17, 15) is 4.79 Å². The molecule has 64 valence electrons. The molecule has 1 aliphatic heterocycles. The van der Waals surface area contributed by atoms with Gasteiger partial charge in [0.1, 0.15) is 0 Å². The van der Waals surface area contributed by atoms with Crippen molar-refractivity contribution in [3.05, 3.63) is 23.4 Å². The summed E-state index contributed by atoms with van der Waals surface area (Å²) in [4.78, 5) is 10.4. The number of carboxylic acids is 1. The lowest BCUT2D eigenvalue weighted by atomic mass is 10.1. The average molecular weight is 165 g/mol. The van der Waals surface area contributed by atoms with Crippen molar-refractivity contribution in [2.24, 2.45) is 5.92 Å². The third-order valence-corrected chi connectivity index (χ3v) is 2.36. The number of hydrogen-bond donors (Lipinski definition) is 2. The molecule has 0 spiro atoms. The lowest BCUT2D eigenvalue weighted by Crippen LogP contribution is -2.08. The van der Waals surface area contributed by atoms with E-state index in [1.54, 1.807) is 0 Å². The SMILES string of the molecule is O=C(O)CC1=C2NCCC2C=C1. The van der Waals surface area contributed by atoms with E-state index >= 15 is 0 Å². The molecule has 0 saturated carbocycles. The van der Waals surface area contributed by atoms with Crippen molar-refractivity contribution in [2.45, 2.75) is 12.8 Å². The number of fused-ring (bicyclic) bond motifs is 1. The molecule has 1 aliphatic carbocycles. The van der Waals surface area contributed by atoms with Gasteiger partial charge in [-0.1, -0.05) is 12.2 Å². The molecule has 2 N–H and O–H groups in total. The van der Waals surface area contributed by atoms with Crippen LogP contribution in [0.2, 0.25) is 0 Å². The number of allylic oxidation sites excluding steroid dienone is 2. The summed E-state index contributed by atoms with van der Waals surface area (Å²) in [5.74, 6) is -0.282. The Bertz CT molecular complexity index is 278. The molecule has 0 aromatic carbocycles. The molecule has 0 bridgehead atoms. The third-order valence-electron chi connectivity index (χ3n) is 2.36. The van der Waals surface area contributed by atoms with Crippen LogP contribution in [0.25, 0.3) is 0 Å². The molecule has 3 nitrogen and oxygen atoms in total. The second-order valence-electron chi connectivity index (χ2n) is 3.19. The van der Waals surface area contributed by atoms with E-state index in [2.05, 4.69) is 11.4 Å². The largest absolute Gasteiger partial charge is 0.481 e. The summed E-state index contributed by atoms with van der Waals surface area (Å²) >= 11 is 0. The van der Waals surface area contributed by atoms with Crippen molar-refractivity contribution in [1.29, 1.82) is 0 Å². The molecule has 0 aromatic rings. The van der Waals surface area contributed by atoms with Gasteiger partial charge in [0.15, 0.2) is 0 Å². The van der Waals surface area contributed by atoms with Crippen molar-refractivity contribution in [3.63, 3.8) is 0 Å². The van der Waals surface area contributed by atoms with Crippen molar-refractivity contribution in [3.8, 4) is 0 Å². The highest BCUT2D eigenvalue weighted by Gasteiger charge is 2.25. The van der Waals surface area contributed by atoms with Gasteiger partial charge in [0, 0.05) is 18.2 Å². The lowest BCUT2D eigenvalue weighted by molar-refractivity contribution is -0.136. The predicted octanol–water partition coefficient (Wildman–Crippen LogP) is 0.895. The van der Waals surface area contributed by atoms with Crippen LogP contribution >= 0.6 is 0 Å². The Morgan fingerprint density at radius 3 is 3.33 bits per heavy atom. The summed E-state index contributed by atoms with van der Waals surface area (Å²) in [7, 11) is 0. The molecule has 2 aliphatic rings. The summed E-state index contributed by atoms with van der Waals surface area (Å²) in [6.45, 7) is 0.980. The van der Waals surface area contributed by atoms with Crippen LogP contribution < -0.4 is 5.32 Å². The zero-order valence-corrected chi connectivity index (χ0v) is 6.71. The highest BCUT2D eigenvalue weighted by molar-refractivity contribution is 5.72. The van der Waals surface area contributed by atoms with Crippen molar-refractivity contribution in [2.75, 3.05) is 6.54 Å². The second-order valence-corrected chi connectivity index (χ2v) is 3.19. The molecule has 1 atom stereocenters. The van der Waals surface area contributed by atoms with Crippen LogP contribution in [-0.4, -0.2) is 17.6 Å². The minimum absolute atomic E-state index is 0.148. The van der Waals surface area contributed by atoms with Crippen LogP contribution in [0, 0.1) is 5.92 Å². The molecule has 0 amide bonds. The van der Waals surface area contributed by atoms with Gasteiger partial charge in [-0.05, 0) is 12.0 Å². The standard InChI is InChI=1S/C9H11NO2/c11-8(12)5-7-2-1-6-3-4-10-9(6)7/h1-2,6,10H,3-5H2,(H,11,12). The average Bonchev–Trinajstić information content (AvgIpc) is 2.52. The van der Waals surface area contributed by atoms with Crippen molar-refractivity contribution < 1.29 is 9.90 Å². The summed E-state index contributed by atoms with van der Waals surface area (Å²) in [5, 5.41) is 11.8. The maximum Gasteiger partial charge on any atom is 0.307 e. The molecule has 1 fully saturated rings. The van der Waals surface area contributed by atoms with Gasteiger partial charge in [0.2, 0.25) is 0 Å². The first-order chi connectivity index (χ1) is 5.77. The second kappa shape index (κ2) is 2.66. The first-order valence-corrected chi connectivity index (χ1v) is 4.14. The van der Waals surface area contributed by atoms with Gasteiger partial charge >= 0.3 is 5.97 Å². The number of nitrogens with one attached hydrogen (secondary N) is 1. The minimum atomic E-state index is -0.753. The van der Waals surface area contributed by atoms with Gasteiger partial charge < -0.3 is 10.4 Å². The van der Waals surface area contributed by atoms with Crippen molar-refractivity contribution >= 4 is 5.97 Å². The quantitative estimate of drug-likeness (QED) is 0.639. The maximum absolute atomic E-state index is 10.4. The first kappa shape index (κ1) is 7.40. The predicted molar refractivity (Wildman–Crippen MR) is 44.5 cm³/mol. The Labute approximate surface area is 70.8 Å². The van der Waals surface area contributed by atoms with Crippen LogP contribution in [0.15, 0.2) is 23.4 Å². The van der Waals surface area contributed by atoms with E-state index in [0.717, 1.165) is 24.2 Å². The van der Waals surface area contributed by atoms with Crippen LogP contribution in [0.5, 0.6) is 0 Å². The number of carboxylic acid groups (broad SMARTS) is 1. The molecule has 0 aromatic heterocycles. The monoisotopic (exact) mass is 165 g/mol. The fourth-order valence-electron chi connectivity index (χ4n) is 1.82. The number of carbonyl (C=O) groups is 1. The Hall–Kier alpha value is -1.25. The molecule has 3 heteroatoms. The number of aliphatic carboxylic acids is 1. The van der Waals surface area contributed by atoms with Crippen LogP contribution in [-0.2, 0) is 4.79 Å². The fourth-order valence-corrected chi connectivity index (χ4v) is 1.82. The molecule has 12 heavy (non-hydrogen) atoms. The summed E-state index contributed by atoms with van der Waals surface area (Å²) in [6.07, 6.45) is 5.28. The smallest absolute Gasteiger partial charge is 0.307 e. The van der Waals surface area contributed by atoms with Crippen LogP contribution in [0.3, 0.4) is 0 Å². The van der Waals surface area contributed by atoms with E-state index in [-0.39, 0.29) is 6.42 Å². The Morgan fingerprint density at radius 1 is 1.75 bits per heavy atom. The zero-order chi connectivity index (χ0) is 8.55. The minimum Gasteiger partial charge on any atom is -0.481 e. The molecule has 1 unspecified atom stereocenters. The molecule has 1 heterocycles. The van der Waals surface area contributed by atoms with Crippen LogP contribution in [0.1, 0.15) is 12.8 Å². The summed E-state index contributed by atoms with van der Waals surface area (Å²) in [6, 6.07) is 0. The maximum atomic E-state index is 10.4. The van der Waals surface area contributed by atoms with Gasteiger partial charge in [-0.15, -0.1) is 0 Å². The number of rotatable bonds is 2. The van der Waals surface area contributed by atoms with E-state index in [4.69, 9.17) is 5.11 Å². The lowest BCUT2D eigenvalue weighted by Gasteiger charge is -2.03. The topological polar surface area (TPSA) is 49.3 Å². The first-order valence-electron chi connectivity index (χ1n) is 4.14. The normalized spacial score (nSPS) is 25.8. The van der Waals surface area contributed by atoms with E-state index in [1.165, 1.54) is 0 Å². The third kappa shape index (κ3) is 1.11. The van der Waals surface area contributed by atoms with Crippen LogP contribution in [0.4, 0.5) is 0 Å². The van der Waals surface area contributed by atoms with E-state index in [0.29, 0.717) is 5.92 Å². The summed E-state index contributed by atoms with van der Waals surface area (Å²) < 4.78 is 0. The van der Waals surface area contributed by atoms with Gasteiger partial charge in [-0.2, -0.15) is 0 Å². The Balaban J connectivity index is 2.18. The number of hydrogen-bond acceptors (Lipinski definition) is 2. The highest BCUT2D eigenvalue weighted by atomic mass is 16.4. The zero-order valence-electron chi connectivity index (χ0n) is 6.71. The van der Waals surface area contributed by atoms with Crippen molar-refractivity contribution in [1.82, 2.24) is 5.32 Å². The molecular formula is C9H11NO2. The summed E-state index contributed by atoms with van der Waals surface area (Å²) in [5.41, 5.74) is 2.09. The van der Waals surface area contributed by atoms with Gasteiger partial charge in [0.05, 0.1) is 6.42 Å². The van der Waals surface area contributed by atoms with Gasteiger partial charge in [0.25, 0.3) is 0 Å². The van der Waals surface area contributed by atoms with Gasteiger partial charge in [-0.25, -0.2) is 0 Å². The molecule has 0 radical (unpaired) electrons. The van der Waals surface area contributed by atoms with E-state index < -0.39 is 5.97 Å². The highest BCUT2D eigenvalue weighted by Crippen LogP contribution is 2.31. The molecule has 2 rings (SSSR count). The molecular weight excluding hydrogens is 154 g/mol. The molecule has 1 saturated heterocycles. The Kier molecular flexibility index (Phi) is 1.64. The van der Waals surface area contributed by atoms with Gasteiger partial charge in [-0.3, -0.25) is 4.79 Å². The Morgan fingerprint density at radius 2 is 2.58 bits per heavy atom.